The lowest BCUT2D eigenvalue weighted by Gasteiger charge is -2.43. The van der Waals surface area contributed by atoms with Gasteiger partial charge >= 0.3 is 6.09 Å². The summed E-state index contributed by atoms with van der Waals surface area (Å²) < 4.78 is 6.09. The average molecular weight is 466 g/mol. The quantitative estimate of drug-likeness (QED) is 0.425. The van der Waals surface area contributed by atoms with E-state index in [0.717, 1.165) is 26.4 Å². The van der Waals surface area contributed by atoms with Gasteiger partial charge in [-0.2, -0.15) is 0 Å². The van der Waals surface area contributed by atoms with Gasteiger partial charge in [0.1, 0.15) is 5.60 Å². The predicted molar refractivity (Wildman–Crippen MR) is 131 cm³/mol. The molecule has 1 aliphatic heterocycles. The van der Waals surface area contributed by atoms with Gasteiger partial charge in [0.25, 0.3) is 0 Å². The Balaban J connectivity index is 1.49. The van der Waals surface area contributed by atoms with Crippen LogP contribution in [0.5, 0.6) is 0 Å². The number of cyclic esters (lactones) is 1. The van der Waals surface area contributed by atoms with E-state index in [0.29, 0.717) is 25.8 Å². The molecule has 2 N–H and O–H groups in total. The Hall–Kier alpha value is -2.67. The van der Waals surface area contributed by atoms with E-state index in [4.69, 9.17) is 4.74 Å². The van der Waals surface area contributed by atoms with Crippen molar-refractivity contribution in [3.05, 3.63) is 82.7 Å². The molecular weight excluding hydrogens is 434 g/mol. The van der Waals surface area contributed by atoms with E-state index in [1.54, 1.807) is 23.2 Å². The fourth-order valence-corrected chi connectivity index (χ4v) is 5.44. The van der Waals surface area contributed by atoms with Crippen molar-refractivity contribution in [2.75, 3.05) is 13.2 Å². The summed E-state index contributed by atoms with van der Waals surface area (Å²) in [6.45, 7) is 4.46. The molecule has 0 aliphatic carbocycles. The Labute approximate surface area is 199 Å². The number of nitrogens with zero attached hydrogens (tertiary/aromatic N) is 1. The number of rotatable bonds is 8. The minimum absolute atomic E-state index is 0.0710. The number of amides is 1. The van der Waals surface area contributed by atoms with Crippen LogP contribution in [0, 0.1) is 0 Å². The number of thiophene rings is 1. The standard InChI is InChI=1S/C27H31NO4S/c1-19(21-9-11-22(12-10-21)25-14-13-24(33-25)20(2)30)28-17-16-27(15-6-18-29,32-26(28)31)23-7-4-3-5-8-23/h3-5,7-14,19-20,29-30H,6,15-18H2,1-2H3/t19-,20?,27+/m0/s1. The van der Waals surface area contributed by atoms with Crippen LogP contribution >= 0.6 is 11.3 Å². The first-order valence-electron chi connectivity index (χ1n) is 11.5. The fraction of sp³-hybridized carbons (Fsp3) is 0.370. The number of ether oxygens (including phenoxy) is 1. The molecule has 1 saturated heterocycles. The molecule has 33 heavy (non-hydrogen) atoms. The highest BCUT2D eigenvalue weighted by atomic mass is 32.1. The van der Waals surface area contributed by atoms with Crippen molar-refractivity contribution in [1.82, 2.24) is 4.90 Å². The molecule has 3 aromatic rings. The second kappa shape index (κ2) is 10.1. The van der Waals surface area contributed by atoms with E-state index >= 15 is 0 Å². The molecule has 6 heteroatoms. The van der Waals surface area contributed by atoms with E-state index in [-0.39, 0.29) is 18.7 Å². The van der Waals surface area contributed by atoms with Gasteiger partial charge in [-0.05, 0) is 55.5 Å². The third kappa shape index (κ3) is 4.98. The molecule has 3 atom stereocenters. The van der Waals surface area contributed by atoms with Crippen LogP contribution in [0.25, 0.3) is 10.4 Å². The van der Waals surface area contributed by atoms with Gasteiger partial charge in [-0.1, -0.05) is 54.6 Å². The van der Waals surface area contributed by atoms with Crippen LogP contribution in [0.15, 0.2) is 66.7 Å². The van der Waals surface area contributed by atoms with Crippen LogP contribution in [-0.2, 0) is 10.3 Å². The SMILES string of the molecule is CC(O)c1ccc(-c2ccc([C@H](C)N3CC[C@](CCCO)(c4ccccc4)OC3=O)cc2)s1. The normalized spacial score (nSPS) is 20.4. The number of carbonyl (C=O) groups is 1. The molecule has 0 radical (unpaired) electrons. The number of carbonyl (C=O) groups excluding carboxylic acids is 1. The number of aliphatic hydroxyl groups excluding tert-OH is 2. The van der Waals surface area contributed by atoms with Crippen LogP contribution < -0.4 is 0 Å². The van der Waals surface area contributed by atoms with Crippen molar-refractivity contribution in [2.45, 2.75) is 50.9 Å². The monoisotopic (exact) mass is 465 g/mol. The third-order valence-electron chi connectivity index (χ3n) is 6.50. The summed E-state index contributed by atoms with van der Waals surface area (Å²) in [7, 11) is 0. The van der Waals surface area contributed by atoms with Gasteiger partial charge in [0.2, 0.25) is 0 Å². The van der Waals surface area contributed by atoms with E-state index in [1.165, 1.54) is 0 Å². The second-order valence-corrected chi connectivity index (χ2v) is 9.79. The number of benzene rings is 2. The minimum Gasteiger partial charge on any atom is -0.438 e. The summed E-state index contributed by atoms with van der Waals surface area (Å²) >= 11 is 1.59. The van der Waals surface area contributed by atoms with Crippen LogP contribution in [0.1, 0.15) is 61.3 Å². The van der Waals surface area contributed by atoms with Crippen molar-refractivity contribution in [1.29, 1.82) is 0 Å². The average Bonchev–Trinajstić information content (AvgIpc) is 3.34. The topological polar surface area (TPSA) is 70.0 Å². The van der Waals surface area contributed by atoms with E-state index < -0.39 is 11.7 Å². The number of hydrogen-bond acceptors (Lipinski definition) is 5. The van der Waals surface area contributed by atoms with Crippen molar-refractivity contribution >= 4 is 17.4 Å². The second-order valence-electron chi connectivity index (χ2n) is 8.67. The zero-order valence-corrected chi connectivity index (χ0v) is 19.9. The molecule has 174 valence electrons. The van der Waals surface area contributed by atoms with E-state index in [1.807, 2.05) is 49.4 Å². The lowest BCUT2D eigenvalue weighted by molar-refractivity contribution is -0.0680. The Morgan fingerprint density at radius 3 is 2.39 bits per heavy atom. The summed E-state index contributed by atoms with van der Waals surface area (Å²) in [5, 5.41) is 19.2. The summed E-state index contributed by atoms with van der Waals surface area (Å²) in [5.74, 6) is 0. The first-order valence-corrected chi connectivity index (χ1v) is 12.3. The molecule has 1 aliphatic rings. The van der Waals surface area contributed by atoms with Crippen LogP contribution in [0.4, 0.5) is 4.79 Å². The fourth-order valence-electron chi connectivity index (χ4n) is 4.49. The molecule has 2 heterocycles. The first-order chi connectivity index (χ1) is 15.9. The van der Waals surface area contributed by atoms with E-state index in [2.05, 4.69) is 24.3 Å². The molecule has 0 spiro atoms. The van der Waals surface area contributed by atoms with Gasteiger partial charge in [-0.25, -0.2) is 4.79 Å². The zero-order chi connectivity index (χ0) is 23.4. The molecule has 4 rings (SSSR count). The molecule has 1 amide bonds. The molecule has 1 unspecified atom stereocenters. The third-order valence-corrected chi connectivity index (χ3v) is 7.80. The highest BCUT2D eigenvalue weighted by molar-refractivity contribution is 7.15. The lowest BCUT2D eigenvalue weighted by Crippen LogP contribution is -2.48. The minimum atomic E-state index is -0.693. The van der Waals surface area contributed by atoms with Gasteiger partial charge in [-0.15, -0.1) is 11.3 Å². The molecule has 5 nitrogen and oxygen atoms in total. The lowest BCUT2D eigenvalue weighted by atomic mass is 9.84. The summed E-state index contributed by atoms with van der Waals surface area (Å²) in [4.78, 5) is 17.0. The molecule has 1 aromatic heterocycles. The van der Waals surface area contributed by atoms with Crippen LogP contribution in [-0.4, -0.2) is 34.4 Å². The maximum absolute atomic E-state index is 13.1. The van der Waals surface area contributed by atoms with Crippen molar-refractivity contribution in [2.24, 2.45) is 0 Å². The molecule has 0 saturated carbocycles. The summed E-state index contributed by atoms with van der Waals surface area (Å²) in [6.07, 6.45) is 1.08. The number of aliphatic hydroxyl groups is 2. The largest absolute Gasteiger partial charge is 0.438 e. The molecule has 2 aromatic carbocycles. The Bertz CT molecular complexity index is 1060. The Morgan fingerprint density at radius 2 is 1.79 bits per heavy atom. The van der Waals surface area contributed by atoms with Crippen molar-refractivity contribution in [3.8, 4) is 10.4 Å². The van der Waals surface area contributed by atoms with Crippen molar-refractivity contribution < 1.29 is 19.7 Å². The van der Waals surface area contributed by atoms with Gasteiger partial charge in [0.15, 0.2) is 0 Å². The smallest absolute Gasteiger partial charge is 0.411 e. The van der Waals surface area contributed by atoms with E-state index in [9.17, 15) is 15.0 Å². The zero-order valence-electron chi connectivity index (χ0n) is 19.1. The molecule has 0 bridgehead atoms. The Kier molecular flexibility index (Phi) is 7.17. The van der Waals surface area contributed by atoms with Gasteiger partial charge < -0.3 is 19.8 Å². The Morgan fingerprint density at radius 1 is 1.06 bits per heavy atom. The highest BCUT2D eigenvalue weighted by Crippen LogP contribution is 2.40. The summed E-state index contributed by atoms with van der Waals surface area (Å²) in [5.41, 5.74) is 2.43. The maximum Gasteiger partial charge on any atom is 0.411 e. The van der Waals surface area contributed by atoms with Crippen molar-refractivity contribution in [3.63, 3.8) is 0 Å². The van der Waals surface area contributed by atoms with Gasteiger partial charge in [0, 0.05) is 29.3 Å². The molecule has 1 fully saturated rings. The first kappa shape index (κ1) is 23.5. The summed E-state index contributed by atoms with van der Waals surface area (Å²) in [6, 6.07) is 22.0. The highest BCUT2D eigenvalue weighted by Gasteiger charge is 2.43. The number of hydrogen-bond donors (Lipinski definition) is 2. The van der Waals surface area contributed by atoms with Gasteiger partial charge in [-0.3, -0.25) is 0 Å². The van der Waals surface area contributed by atoms with Crippen LogP contribution in [0.2, 0.25) is 0 Å². The predicted octanol–water partition coefficient (Wildman–Crippen LogP) is 6.04. The maximum atomic E-state index is 13.1. The van der Waals surface area contributed by atoms with Crippen LogP contribution in [0.3, 0.4) is 0 Å². The van der Waals surface area contributed by atoms with Gasteiger partial charge in [0.05, 0.1) is 12.1 Å². The molecular formula is C27H31NO4S.